The molecule has 0 unspecified atom stereocenters. The fourth-order valence-corrected chi connectivity index (χ4v) is 4.57. The molecule has 11 heteroatoms. The van der Waals surface area contributed by atoms with Crippen molar-refractivity contribution in [2.75, 3.05) is 51.3 Å². The van der Waals surface area contributed by atoms with Gasteiger partial charge in [0, 0.05) is 26.2 Å². The molecule has 2 heterocycles. The van der Waals surface area contributed by atoms with Gasteiger partial charge in [0.25, 0.3) is 0 Å². The Balaban J connectivity index is 1.79. The van der Waals surface area contributed by atoms with Crippen LogP contribution in [0.2, 0.25) is 5.02 Å². The van der Waals surface area contributed by atoms with E-state index >= 15 is 0 Å². The molecule has 0 radical (unpaired) electrons. The fraction of sp³-hybridized carbons (Fsp3) is 0.467. The van der Waals surface area contributed by atoms with Crippen molar-refractivity contribution in [3.05, 3.63) is 23.2 Å². The number of amides is 1. The van der Waals surface area contributed by atoms with Crippen LogP contribution in [-0.2, 0) is 19.6 Å². The van der Waals surface area contributed by atoms with Gasteiger partial charge in [0.1, 0.15) is 0 Å². The van der Waals surface area contributed by atoms with Gasteiger partial charge in [0.15, 0.2) is 5.11 Å². The molecule has 3 rings (SSSR count). The molecule has 142 valence electrons. The number of ether oxygens (including phenoxy) is 1. The highest BCUT2D eigenvalue weighted by molar-refractivity contribution is 7.89. The number of morpholine rings is 1. The zero-order valence-electron chi connectivity index (χ0n) is 13.9. The maximum absolute atomic E-state index is 12.8. The minimum atomic E-state index is -3.64. The van der Waals surface area contributed by atoms with Gasteiger partial charge < -0.3 is 20.3 Å². The highest BCUT2D eigenvalue weighted by Gasteiger charge is 2.27. The molecule has 8 nitrogen and oxygen atoms in total. The van der Waals surface area contributed by atoms with Gasteiger partial charge in [-0.1, -0.05) is 11.6 Å². The van der Waals surface area contributed by atoms with Gasteiger partial charge in [-0.2, -0.15) is 4.31 Å². The Hall–Kier alpha value is -1.46. The van der Waals surface area contributed by atoms with Crippen LogP contribution in [0, 0.1) is 0 Å². The standard InChI is InChI=1S/C15H19ClN4O4S2/c16-12-2-1-11(26(22,23)20-5-7-24-8-6-20)9-13(12)18-15(25)19-4-3-17-14(21)10-19/h1-2,9H,3-8,10H2,(H,17,21)(H,18,25). The molecule has 1 aromatic carbocycles. The van der Waals surface area contributed by atoms with E-state index in [-0.39, 0.29) is 17.3 Å². The van der Waals surface area contributed by atoms with Gasteiger partial charge in [-0.05, 0) is 30.4 Å². The van der Waals surface area contributed by atoms with Crippen LogP contribution in [-0.4, -0.2) is 74.6 Å². The first kappa shape index (κ1) is 19.3. The molecule has 1 amide bonds. The number of anilines is 1. The van der Waals surface area contributed by atoms with Crippen molar-refractivity contribution in [2.45, 2.75) is 4.90 Å². The zero-order valence-corrected chi connectivity index (χ0v) is 16.3. The fourth-order valence-electron chi connectivity index (χ4n) is 2.70. The Bertz CT molecular complexity index is 812. The summed E-state index contributed by atoms with van der Waals surface area (Å²) < 4.78 is 32.2. The third kappa shape index (κ3) is 4.26. The van der Waals surface area contributed by atoms with Crippen LogP contribution in [0.3, 0.4) is 0 Å². The van der Waals surface area contributed by atoms with E-state index in [1.54, 1.807) is 4.90 Å². The summed E-state index contributed by atoms with van der Waals surface area (Å²) in [5.41, 5.74) is 0.386. The second-order valence-electron chi connectivity index (χ2n) is 5.86. The Morgan fingerprint density at radius 2 is 2.00 bits per heavy atom. The molecule has 26 heavy (non-hydrogen) atoms. The van der Waals surface area contributed by atoms with Crippen molar-refractivity contribution in [3.63, 3.8) is 0 Å². The van der Waals surface area contributed by atoms with Crippen molar-refractivity contribution in [2.24, 2.45) is 0 Å². The number of hydrogen-bond acceptors (Lipinski definition) is 5. The van der Waals surface area contributed by atoms with E-state index in [0.717, 1.165) is 0 Å². The highest BCUT2D eigenvalue weighted by Crippen LogP contribution is 2.27. The van der Waals surface area contributed by atoms with E-state index in [2.05, 4.69) is 10.6 Å². The normalized spacial score (nSPS) is 19.1. The van der Waals surface area contributed by atoms with Crippen LogP contribution in [0.1, 0.15) is 0 Å². The molecule has 0 saturated carbocycles. The quantitative estimate of drug-likeness (QED) is 0.690. The first-order valence-electron chi connectivity index (χ1n) is 8.08. The third-order valence-electron chi connectivity index (χ3n) is 4.11. The van der Waals surface area contributed by atoms with Crippen LogP contribution in [0.4, 0.5) is 5.69 Å². The van der Waals surface area contributed by atoms with Crippen molar-refractivity contribution in [1.82, 2.24) is 14.5 Å². The Labute approximate surface area is 162 Å². The van der Waals surface area contributed by atoms with Gasteiger partial charge in [-0.25, -0.2) is 8.42 Å². The number of nitrogens with one attached hydrogen (secondary N) is 2. The average Bonchev–Trinajstić information content (AvgIpc) is 2.64. The van der Waals surface area contributed by atoms with Crippen LogP contribution in [0.5, 0.6) is 0 Å². The van der Waals surface area contributed by atoms with Gasteiger partial charge >= 0.3 is 0 Å². The molecule has 1 aromatic rings. The number of rotatable bonds is 3. The van der Waals surface area contributed by atoms with Crippen molar-refractivity contribution in [1.29, 1.82) is 0 Å². The van der Waals surface area contributed by atoms with Crippen molar-refractivity contribution < 1.29 is 17.9 Å². The molecule has 0 bridgehead atoms. The van der Waals surface area contributed by atoms with E-state index in [4.69, 9.17) is 28.6 Å². The first-order valence-corrected chi connectivity index (χ1v) is 10.3. The predicted octanol–water partition coefficient (Wildman–Crippen LogP) is 0.490. The average molecular weight is 419 g/mol. The van der Waals surface area contributed by atoms with Crippen molar-refractivity contribution >= 4 is 50.5 Å². The second-order valence-corrected chi connectivity index (χ2v) is 8.59. The van der Waals surface area contributed by atoms with E-state index in [1.807, 2.05) is 0 Å². The summed E-state index contributed by atoms with van der Waals surface area (Å²) in [6.07, 6.45) is 0. The van der Waals surface area contributed by atoms with Gasteiger partial charge in [-0.3, -0.25) is 4.79 Å². The second kappa shape index (κ2) is 8.05. The molecule has 2 fully saturated rings. The van der Waals surface area contributed by atoms with E-state index < -0.39 is 10.0 Å². The van der Waals surface area contributed by atoms with Gasteiger partial charge in [0.2, 0.25) is 15.9 Å². The summed E-state index contributed by atoms with van der Waals surface area (Å²) in [5, 5.41) is 6.34. The summed E-state index contributed by atoms with van der Waals surface area (Å²) in [6.45, 7) is 2.60. The molecule has 2 aliphatic rings. The number of sulfonamides is 1. The summed E-state index contributed by atoms with van der Waals surface area (Å²) in [5.74, 6) is -0.116. The molecule has 0 aromatic heterocycles. The summed E-state index contributed by atoms with van der Waals surface area (Å²) in [4.78, 5) is 13.3. The molecular weight excluding hydrogens is 400 g/mol. The van der Waals surface area contributed by atoms with Crippen LogP contribution in [0.25, 0.3) is 0 Å². The number of halogens is 1. The number of piperazine rings is 1. The number of hydrogen-bond donors (Lipinski definition) is 2. The smallest absolute Gasteiger partial charge is 0.243 e. The topological polar surface area (TPSA) is 91.0 Å². The molecule has 2 aliphatic heterocycles. The maximum Gasteiger partial charge on any atom is 0.243 e. The summed E-state index contributed by atoms with van der Waals surface area (Å²) in [7, 11) is -3.64. The van der Waals surface area contributed by atoms with Gasteiger partial charge in [-0.15, -0.1) is 0 Å². The van der Waals surface area contributed by atoms with E-state index in [9.17, 15) is 13.2 Å². The minimum absolute atomic E-state index is 0.116. The lowest BCUT2D eigenvalue weighted by Crippen LogP contribution is -2.51. The van der Waals surface area contributed by atoms with Crippen molar-refractivity contribution in [3.8, 4) is 0 Å². The van der Waals surface area contributed by atoms with Crippen LogP contribution >= 0.6 is 23.8 Å². The summed E-state index contributed by atoms with van der Waals surface area (Å²) >= 11 is 11.5. The number of carbonyl (C=O) groups excluding carboxylic acids is 1. The van der Waals surface area contributed by atoms with Crippen LogP contribution < -0.4 is 10.6 Å². The first-order chi connectivity index (χ1) is 12.4. The van der Waals surface area contributed by atoms with E-state index in [1.165, 1.54) is 22.5 Å². The Morgan fingerprint density at radius 1 is 1.27 bits per heavy atom. The lowest BCUT2D eigenvalue weighted by Gasteiger charge is -2.29. The Kier molecular flexibility index (Phi) is 5.98. The number of thiocarbonyl (C=S) groups is 1. The van der Waals surface area contributed by atoms with Gasteiger partial charge in [0.05, 0.1) is 35.4 Å². The molecule has 2 saturated heterocycles. The maximum atomic E-state index is 12.8. The highest BCUT2D eigenvalue weighted by atomic mass is 35.5. The van der Waals surface area contributed by atoms with E-state index in [0.29, 0.717) is 55.2 Å². The number of carbonyl (C=O) groups is 1. The largest absolute Gasteiger partial charge is 0.379 e. The predicted molar refractivity (Wildman–Crippen MR) is 102 cm³/mol. The molecular formula is C15H19ClN4O4S2. The monoisotopic (exact) mass is 418 g/mol. The molecule has 0 spiro atoms. The third-order valence-corrected chi connectivity index (χ3v) is 6.70. The molecule has 0 atom stereocenters. The molecule has 0 aliphatic carbocycles. The Morgan fingerprint density at radius 3 is 2.69 bits per heavy atom. The zero-order chi connectivity index (χ0) is 18.7. The SMILES string of the molecule is O=C1CN(C(=S)Nc2cc(S(=O)(=O)N3CCOCC3)ccc2Cl)CCN1. The minimum Gasteiger partial charge on any atom is -0.379 e. The number of nitrogens with zero attached hydrogens (tertiary/aromatic N) is 2. The van der Waals surface area contributed by atoms with Crippen LogP contribution in [0.15, 0.2) is 23.1 Å². The lowest BCUT2D eigenvalue weighted by molar-refractivity contribution is -0.122. The summed E-state index contributed by atoms with van der Waals surface area (Å²) in [6, 6.07) is 4.45. The number of benzene rings is 1. The lowest BCUT2D eigenvalue weighted by atomic mass is 10.3. The molecule has 2 N–H and O–H groups in total.